The Bertz CT molecular complexity index is 356. The van der Waals surface area contributed by atoms with Gasteiger partial charge in [-0.3, -0.25) is 9.67 Å². The van der Waals surface area contributed by atoms with E-state index < -0.39 is 0 Å². The molecule has 1 heterocycles. The number of rotatable bonds is 8. The minimum absolute atomic E-state index is 0.382. The van der Waals surface area contributed by atoms with Crippen LogP contribution >= 0.6 is 0 Å². The third kappa shape index (κ3) is 7.49. The minimum Gasteiger partial charge on any atom is -0.370 e. The zero-order valence-corrected chi connectivity index (χ0v) is 12.3. The quantitative estimate of drug-likeness (QED) is 0.558. The molecule has 0 bridgehead atoms. The van der Waals surface area contributed by atoms with Crippen LogP contribution in [0.5, 0.6) is 0 Å². The van der Waals surface area contributed by atoms with Crippen LogP contribution in [0.3, 0.4) is 0 Å². The number of hydrogen-bond acceptors (Lipinski definition) is 2. The standard InChI is InChI=1S/C14H27N5/c1-12(2)6-4-7-13(3)18-14(15)16-9-11-19-10-5-8-17-19/h5,8,10,12-13H,4,6-7,9,11H2,1-3H3,(H3,15,16,18). The van der Waals surface area contributed by atoms with Crippen LogP contribution in [0.2, 0.25) is 0 Å². The molecule has 108 valence electrons. The summed E-state index contributed by atoms with van der Waals surface area (Å²) < 4.78 is 1.85. The van der Waals surface area contributed by atoms with Gasteiger partial charge in [0.2, 0.25) is 0 Å². The molecule has 19 heavy (non-hydrogen) atoms. The lowest BCUT2D eigenvalue weighted by Crippen LogP contribution is -2.38. The second kappa shape index (κ2) is 8.56. The van der Waals surface area contributed by atoms with Gasteiger partial charge in [-0.1, -0.05) is 26.7 Å². The molecule has 0 aliphatic carbocycles. The molecule has 0 aliphatic heterocycles. The number of aromatic nitrogens is 2. The molecule has 3 N–H and O–H groups in total. The fourth-order valence-electron chi connectivity index (χ4n) is 1.91. The van der Waals surface area contributed by atoms with E-state index in [2.05, 4.69) is 36.2 Å². The lowest BCUT2D eigenvalue weighted by atomic mass is 10.0. The van der Waals surface area contributed by atoms with Crippen LogP contribution in [0.25, 0.3) is 0 Å². The second-order valence-electron chi connectivity index (χ2n) is 5.41. The van der Waals surface area contributed by atoms with Crippen molar-refractivity contribution < 1.29 is 0 Å². The van der Waals surface area contributed by atoms with Crippen LogP contribution in [0.15, 0.2) is 23.5 Å². The zero-order valence-electron chi connectivity index (χ0n) is 12.3. The Hall–Kier alpha value is -1.52. The first-order chi connectivity index (χ1) is 9.08. The molecule has 0 aliphatic rings. The number of nitrogens with one attached hydrogen (secondary N) is 1. The summed E-state index contributed by atoms with van der Waals surface area (Å²) in [5, 5.41) is 7.35. The SMILES string of the molecule is CC(C)CCCC(C)NC(N)=NCCn1cccn1. The van der Waals surface area contributed by atoms with Gasteiger partial charge in [-0.2, -0.15) is 5.10 Å². The molecule has 0 aromatic carbocycles. The van der Waals surface area contributed by atoms with Crippen molar-refractivity contribution >= 4 is 5.96 Å². The van der Waals surface area contributed by atoms with Gasteiger partial charge in [-0.25, -0.2) is 0 Å². The Morgan fingerprint density at radius 1 is 1.37 bits per heavy atom. The van der Waals surface area contributed by atoms with Crippen molar-refractivity contribution in [1.29, 1.82) is 0 Å². The normalized spacial score (nSPS) is 13.8. The fourth-order valence-corrected chi connectivity index (χ4v) is 1.91. The van der Waals surface area contributed by atoms with Crippen molar-refractivity contribution in [2.75, 3.05) is 6.54 Å². The Morgan fingerprint density at radius 2 is 2.16 bits per heavy atom. The highest BCUT2D eigenvalue weighted by molar-refractivity contribution is 5.78. The van der Waals surface area contributed by atoms with Crippen LogP contribution in [0.4, 0.5) is 0 Å². The van der Waals surface area contributed by atoms with Crippen LogP contribution in [0.1, 0.15) is 40.0 Å². The average molecular weight is 265 g/mol. The minimum atomic E-state index is 0.382. The van der Waals surface area contributed by atoms with Gasteiger partial charge in [0.05, 0.1) is 13.1 Å². The van der Waals surface area contributed by atoms with E-state index in [1.54, 1.807) is 6.20 Å². The average Bonchev–Trinajstić information content (AvgIpc) is 2.81. The van der Waals surface area contributed by atoms with E-state index in [9.17, 15) is 0 Å². The number of guanidine groups is 1. The van der Waals surface area contributed by atoms with Crippen LogP contribution in [-0.4, -0.2) is 28.3 Å². The maximum atomic E-state index is 5.85. The van der Waals surface area contributed by atoms with Gasteiger partial charge in [0.15, 0.2) is 5.96 Å². The first kappa shape index (κ1) is 15.5. The van der Waals surface area contributed by atoms with E-state index in [-0.39, 0.29) is 0 Å². The predicted molar refractivity (Wildman–Crippen MR) is 80.0 cm³/mol. The lowest BCUT2D eigenvalue weighted by molar-refractivity contribution is 0.493. The molecule has 5 heteroatoms. The van der Waals surface area contributed by atoms with Crippen LogP contribution in [-0.2, 0) is 6.54 Å². The Labute approximate surface area is 116 Å². The van der Waals surface area contributed by atoms with Gasteiger partial charge >= 0.3 is 0 Å². The molecular weight excluding hydrogens is 238 g/mol. The van der Waals surface area contributed by atoms with E-state index in [1.165, 1.54) is 12.8 Å². The van der Waals surface area contributed by atoms with Crippen molar-refractivity contribution in [3.63, 3.8) is 0 Å². The van der Waals surface area contributed by atoms with Crippen LogP contribution in [0, 0.1) is 5.92 Å². The highest BCUT2D eigenvalue weighted by Gasteiger charge is 2.03. The second-order valence-corrected chi connectivity index (χ2v) is 5.41. The first-order valence-corrected chi connectivity index (χ1v) is 7.12. The highest BCUT2D eigenvalue weighted by atomic mass is 15.3. The van der Waals surface area contributed by atoms with Crippen LogP contribution < -0.4 is 11.1 Å². The summed E-state index contributed by atoms with van der Waals surface area (Å²) in [4.78, 5) is 4.30. The van der Waals surface area contributed by atoms with Gasteiger partial charge in [-0.05, 0) is 25.3 Å². The van der Waals surface area contributed by atoms with Crippen molar-refractivity contribution in [2.45, 2.75) is 52.6 Å². The molecule has 0 saturated heterocycles. The number of aliphatic imine (C=N–C) groups is 1. The predicted octanol–water partition coefficient (Wildman–Crippen LogP) is 2.00. The molecule has 1 atom stereocenters. The number of nitrogens with zero attached hydrogens (tertiary/aromatic N) is 3. The van der Waals surface area contributed by atoms with Crippen molar-refractivity contribution in [1.82, 2.24) is 15.1 Å². The van der Waals surface area contributed by atoms with E-state index in [0.29, 0.717) is 18.5 Å². The molecule has 0 radical (unpaired) electrons. The third-order valence-corrected chi connectivity index (χ3v) is 2.98. The molecule has 1 aromatic rings. The topological polar surface area (TPSA) is 68.2 Å². The zero-order chi connectivity index (χ0) is 14.1. The Balaban J connectivity index is 2.16. The first-order valence-electron chi connectivity index (χ1n) is 7.12. The summed E-state index contributed by atoms with van der Waals surface area (Å²) in [5.74, 6) is 1.30. The van der Waals surface area contributed by atoms with E-state index in [4.69, 9.17) is 5.73 Å². The van der Waals surface area contributed by atoms with Crippen molar-refractivity contribution in [3.05, 3.63) is 18.5 Å². The Morgan fingerprint density at radius 3 is 2.79 bits per heavy atom. The molecule has 0 amide bonds. The summed E-state index contributed by atoms with van der Waals surface area (Å²) in [6, 6.07) is 2.29. The van der Waals surface area contributed by atoms with Gasteiger partial charge in [0, 0.05) is 18.4 Å². The maximum Gasteiger partial charge on any atom is 0.188 e. The van der Waals surface area contributed by atoms with E-state index in [0.717, 1.165) is 18.9 Å². The summed E-state index contributed by atoms with van der Waals surface area (Å²) in [6.45, 7) is 8.07. The number of hydrogen-bond donors (Lipinski definition) is 2. The van der Waals surface area contributed by atoms with Crippen molar-refractivity contribution in [2.24, 2.45) is 16.6 Å². The fraction of sp³-hybridized carbons (Fsp3) is 0.714. The van der Waals surface area contributed by atoms with Gasteiger partial charge < -0.3 is 11.1 Å². The molecule has 0 fully saturated rings. The summed E-state index contributed by atoms with van der Waals surface area (Å²) >= 11 is 0. The monoisotopic (exact) mass is 265 g/mol. The van der Waals surface area contributed by atoms with Gasteiger partial charge in [-0.15, -0.1) is 0 Å². The Kier molecular flexibility index (Phi) is 7.00. The molecule has 5 nitrogen and oxygen atoms in total. The van der Waals surface area contributed by atoms with E-state index in [1.807, 2.05) is 16.9 Å². The molecule has 0 saturated carbocycles. The summed E-state index contributed by atoms with van der Waals surface area (Å²) in [6.07, 6.45) is 7.32. The third-order valence-electron chi connectivity index (χ3n) is 2.98. The summed E-state index contributed by atoms with van der Waals surface area (Å²) in [5.41, 5.74) is 5.85. The van der Waals surface area contributed by atoms with Gasteiger partial charge in [0.25, 0.3) is 0 Å². The van der Waals surface area contributed by atoms with Crippen molar-refractivity contribution in [3.8, 4) is 0 Å². The molecule has 0 spiro atoms. The molecule has 1 unspecified atom stereocenters. The molecular formula is C14H27N5. The largest absolute Gasteiger partial charge is 0.370 e. The molecule has 1 aromatic heterocycles. The highest BCUT2D eigenvalue weighted by Crippen LogP contribution is 2.07. The van der Waals surface area contributed by atoms with E-state index >= 15 is 0 Å². The number of nitrogens with two attached hydrogens (primary N) is 1. The maximum absolute atomic E-state index is 5.85. The lowest BCUT2D eigenvalue weighted by Gasteiger charge is -2.15. The van der Waals surface area contributed by atoms with Gasteiger partial charge in [0.1, 0.15) is 0 Å². The molecule has 1 rings (SSSR count). The summed E-state index contributed by atoms with van der Waals surface area (Å²) in [7, 11) is 0. The smallest absolute Gasteiger partial charge is 0.188 e.